The lowest BCUT2D eigenvalue weighted by atomic mass is 10.2. The molecule has 1 aliphatic heterocycles. The molecule has 2 N–H and O–H groups in total. The molecule has 17 heavy (non-hydrogen) atoms. The summed E-state index contributed by atoms with van der Waals surface area (Å²) >= 11 is 0. The molecule has 1 saturated heterocycles. The molecule has 7 heteroatoms. The minimum Gasteiger partial charge on any atom is -0.465 e. The lowest BCUT2D eigenvalue weighted by Crippen LogP contribution is -2.53. The Balaban J connectivity index is 2.41. The number of ether oxygens (including phenoxy) is 2. The van der Waals surface area contributed by atoms with Crippen LogP contribution in [0.25, 0.3) is 0 Å². The average Bonchev–Trinajstić information content (AvgIpc) is 2.14. The zero-order chi connectivity index (χ0) is 13.1. The van der Waals surface area contributed by atoms with Gasteiger partial charge in [0.1, 0.15) is 5.60 Å². The molecule has 0 spiro atoms. The number of carboxylic acid groups (broad SMARTS) is 1. The first-order valence-corrected chi connectivity index (χ1v) is 5.37. The number of carbonyl (C=O) groups excluding carboxylic acids is 1. The molecule has 0 aromatic carbocycles. The zero-order valence-corrected chi connectivity index (χ0v) is 10.2. The summed E-state index contributed by atoms with van der Waals surface area (Å²) < 4.78 is 10.3. The maximum Gasteiger partial charge on any atom is 0.409 e. The van der Waals surface area contributed by atoms with Crippen molar-refractivity contribution in [3.05, 3.63) is 0 Å². The van der Waals surface area contributed by atoms with Crippen molar-refractivity contribution < 1.29 is 24.2 Å². The van der Waals surface area contributed by atoms with E-state index in [9.17, 15) is 9.59 Å². The fourth-order valence-corrected chi connectivity index (χ4v) is 1.35. The lowest BCUT2D eigenvalue weighted by Gasteiger charge is -2.31. The van der Waals surface area contributed by atoms with Gasteiger partial charge in [-0.2, -0.15) is 0 Å². The quantitative estimate of drug-likeness (QED) is 0.716. The van der Waals surface area contributed by atoms with Gasteiger partial charge in [0, 0.05) is 6.54 Å². The predicted octanol–water partition coefficient (Wildman–Crippen LogP) is 0.847. The van der Waals surface area contributed by atoms with Crippen molar-refractivity contribution in [2.24, 2.45) is 0 Å². The second-order valence-corrected chi connectivity index (χ2v) is 4.73. The third kappa shape index (κ3) is 4.90. The number of hydrogen-bond donors (Lipinski definition) is 2. The van der Waals surface area contributed by atoms with E-state index < -0.39 is 24.0 Å². The molecule has 0 aliphatic carbocycles. The number of morpholine rings is 1. The van der Waals surface area contributed by atoms with E-state index in [1.807, 2.05) is 0 Å². The summed E-state index contributed by atoms with van der Waals surface area (Å²) in [6.45, 7) is 5.91. The summed E-state index contributed by atoms with van der Waals surface area (Å²) in [5, 5.41) is 11.3. The van der Waals surface area contributed by atoms with Crippen molar-refractivity contribution in [3.8, 4) is 0 Å². The summed E-state index contributed by atoms with van der Waals surface area (Å²) in [5.74, 6) is 0. The molecule has 7 nitrogen and oxygen atoms in total. The molecule has 1 atom stereocenters. The molecule has 0 radical (unpaired) electrons. The Morgan fingerprint density at radius 1 is 1.47 bits per heavy atom. The lowest BCUT2D eigenvalue weighted by molar-refractivity contribution is -0.0430. The highest BCUT2D eigenvalue weighted by molar-refractivity contribution is 5.68. The minimum absolute atomic E-state index is 0.106. The Hall–Kier alpha value is -1.50. The van der Waals surface area contributed by atoms with Gasteiger partial charge in [-0.15, -0.1) is 0 Å². The minimum atomic E-state index is -1.02. The third-order valence-corrected chi connectivity index (χ3v) is 2.01. The van der Waals surface area contributed by atoms with Gasteiger partial charge in [0.2, 0.25) is 0 Å². The van der Waals surface area contributed by atoms with Crippen LogP contribution in [0.5, 0.6) is 0 Å². The van der Waals surface area contributed by atoms with E-state index in [-0.39, 0.29) is 13.2 Å². The fourth-order valence-electron chi connectivity index (χ4n) is 1.35. The van der Waals surface area contributed by atoms with Crippen molar-refractivity contribution in [3.63, 3.8) is 0 Å². The van der Waals surface area contributed by atoms with E-state index in [1.165, 1.54) is 4.90 Å². The van der Waals surface area contributed by atoms with E-state index >= 15 is 0 Å². The molecule has 1 rings (SSSR count). The molecule has 0 aromatic heterocycles. The van der Waals surface area contributed by atoms with Gasteiger partial charge >= 0.3 is 12.2 Å². The number of nitrogens with zero attached hydrogens (tertiary/aromatic N) is 1. The van der Waals surface area contributed by atoms with Crippen LogP contribution in [-0.4, -0.2) is 53.7 Å². The normalized spacial score (nSPS) is 20.9. The summed E-state index contributed by atoms with van der Waals surface area (Å²) in [4.78, 5) is 23.4. The van der Waals surface area contributed by atoms with Crippen LogP contribution in [0.15, 0.2) is 0 Å². The Labute approximate surface area is 99.7 Å². The molecule has 0 aromatic rings. The summed E-state index contributed by atoms with van der Waals surface area (Å²) in [7, 11) is 0. The third-order valence-electron chi connectivity index (χ3n) is 2.01. The molecule has 1 unspecified atom stereocenters. The first kappa shape index (κ1) is 13.6. The SMILES string of the molecule is CC(C)(C)OC(=O)NC1CN(C(=O)O)CCO1. The van der Waals surface area contributed by atoms with E-state index in [2.05, 4.69) is 5.32 Å². The number of amides is 2. The predicted molar refractivity (Wildman–Crippen MR) is 58.7 cm³/mol. The maximum atomic E-state index is 11.4. The van der Waals surface area contributed by atoms with Gasteiger partial charge in [-0.05, 0) is 20.8 Å². The van der Waals surface area contributed by atoms with Gasteiger partial charge in [-0.25, -0.2) is 9.59 Å². The van der Waals surface area contributed by atoms with Gasteiger partial charge in [-0.1, -0.05) is 0 Å². The largest absolute Gasteiger partial charge is 0.465 e. The van der Waals surface area contributed by atoms with Crippen LogP contribution in [0.3, 0.4) is 0 Å². The molecule has 1 fully saturated rings. The number of rotatable bonds is 1. The molecule has 0 bridgehead atoms. The smallest absolute Gasteiger partial charge is 0.409 e. The molecule has 1 aliphatic rings. The first-order chi connectivity index (χ1) is 7.78. The highest BCUT2D eigenvalue weighted by Gasteiger charge is 2.26. The van der Waals surface area contributed by atoms with Crippen LogP contribution in [0.4, 0.5) is 9.59 Å². The Morgan fingerprint density at radius 3 is 2.65 bits per heavy atom. The highest BCUT2D eigenvalue weighted by atomic mass is 16.6. The van der Waals surface area contributed by atoms with E-state index in [0.717, 1.165) is 0 Å². The summed E-state index contributed by atoms with van der Waals surface area (Å²) in [5.41, 5.74) is -0.592. The molecule has 98 valence electrons. The Kier molecular flexibility index (Phi) is 4.17. The van der Waals surface area contributed by atoms with Crippen LogP contribution in [0.1, 0.15) is 20.8 Å². The number of alkyl carbamates (subject to hydrolysis) is 1. The maximum absolute atomic E-state index is 11.4. The number of hydrogen-bond acceptors (Lipinski definition) is 4. The highest BCUT2D eigenvalue weighted by Crippen LogP contribution is 2.08. The fraction of sp³-hybridized carbons (Fsp3) is 0.800. The van der Waals surface area contributed by atoms with E-state index in [4.69, 9.17) is 14.6 Å². The Bertz CT molecular complexity index is 300. The van der Waals surface area contributed by atoms with Gasteiger partial charge in [0.05, 0.1) is 13.2 Å². The average molecular weight is 246 g/mol. The van der Waals surface area contributed by atoms with Crippen molar-refractivity contribution in [2.45, 2.75) is 32.6 Å². The van der Waals surface area contributed by atoms with Crippen molar-refractivity contribution in [1.82, 2.24) is 10.2 Å². The van der Waals surface area contributed by atoms with Crippen LogP contribution < -0.4 is 5.32 Å². The summed E-state index contributed by atoms with van der Waals surface area (Å²) in [6, 6.07) is 0. The van der Waals surface area contributed by atoms with E-state index in [1.54, 1.807) is 20.8 Å². The summed E-state index contributed by atoms with van der Waals surface area (Å²) in [6.07, 6.45) is -2.30. The van der Waals surface area contributed by atoms with E-state index in [0.29, 0.717) is 6.54 Å². The monoisotopic (exact) mass is 246 g/mol. The van der Waals surface area contributed by atoms with Crippen LogP contribution in [0, 0.1) is 0 Å². The van der Waals surface area contributed by atoms with Crippen molar-refractivity contribution in [1.29, 1.82) is 0 Å². The number of carbonyl (C=O) groups is 2. The van der Waals surface area contributed by atoms with Gasteiger partial charge in [0.25, 0.3) is 0 Å². The zero-order valence-electron chi connectivity index (χ0n) is 10.2. The second-order valence-electron chi connectivity index (χ2n) is 4.73. The number of nitrogens with one attached hydrogen (secondary N) is 1. The molecular formula is C10H18N2O5. The van der Waals surface area contributed by atoms with Gasteiger partial charge in [-0.3, -0.25) is 5.32 Å². The Morgan fingerprint density at radius 2 is 2.12 bits per heavy atom. The molecule has 0 saturated carbocycles. The second kappa shape index (κ2) is 5.22. The molecule has 1 heterocycles. The van der Waals surface area contributed by atoms with Crippen molar-refractivity contribution >= 4 is 12.2 Å². The van der Waals surface area contributed by atoms with Gasteiger partial charge in [0.15, 0.2) is 6.23 Å². The van der Waals surface area contributed by atoms with Crippen molar-refractivity contribution in [2.75, 3.05) is 19.7 Å². The van der Waals surface area contributed by atoms with Gasteiger partial charge < -0.3 is 19.5 Å². The van der Waals surface area contributed by atoms with Crippen LogP contribution >= 0.6 is 0 Å². The molecule has 2 amide bonds. The molecular weight excluding hydrogens is 228 g/mol. The standard InChI is InChI=1S/C10H18N2O5/c1-10(2,3)17-8(13)11-7-6-12(9(14)15)4-5-16-7/h7H,4-6H2,1-3H3,(H,11,13)(H,14,15). The van der Waals surface area contributed by atoms with Crippen LogP contribution in [0.2, 0.25) is 0 Å². The topological polar surface area (TPSA) is 88.1 Å². The first-order valence-electron chi connectivity index (χ1n) is 5.37. The van der Waals surface area contributed by atoms with Crippen LogP contribution in [-0.2, 0) is 9.47 Å².